The minimum atomic E-state index is -0.297. The summed E-state index contributed by atoms with van der Waals surface area (Å²) in [5, 5.41) is 9.75. The van der Waals surface area contributed by atoms with Gasteiger partial charge < -0.3 is 10.1 Å². The van der Waals surface area contributed by atoms with Gasteiger partial charge >= 0.3 is 0 Å². The van der Waals surface area contributed by atoms with E-state index >= 15 is 0 Å². The van der Waals surface area contributed by atoms with Crippen molar-refractivity contribution >= 4 is 23.1 Å². The fraction of sp³-hybridized carbons (Fsp3) is 0.208. The molecule has 164 valence electrons. The quantitative estimate of drug-likeness (QED) is 0.399. The third-order valence-corrected chi connectivity index (χ3v) is 5.65. The molecule has 2 aromatic carbocycles. The van der Waals surface area contributed by atoms with Gasteiger partial charge in [-0.05, 0) is 54.8 Å². The molecule has 0 atom stereocenters. The van der Waals surface area contributed by atoms with E-state index in [1.165, 1.54) is 29.0 Å². The first kappa shape index (κ1) is 21.7. The largest absolute Gasteiger partial charge is 0.484 e. The molecular formula is C24H23FN4O2S. The van der Waals surface area contributed by atoms with Gasteiger partial charge in [0.2, 0.25) is 5.13 Å². The second kappa shape index (κ2) is 9.32. The van der Waals surface area contributed by atoms with Crippen molar-refractivity contribution in [3.63, 3.8) is 0 Å². The number of nitrogens with zero attached hydrogens (tertiary/aromatic N) is 3. The second-order valence-electron chi connectivity index (χ2n) is 7.67. The molecule has 0 unspecified atom stereocenters. The number of nitrogens with one attached hydrogen (secondary N) is 1. The summed E-state index contributed by atoms with van der Waals surface area (Å²) >= 11 is 1.38. The smallest absolute Gasteiger partial charge is 0.263 e. The lowest BCUT2D eigenvalue weighted by Gasteiger charge is -2.10. The Morgan fingerprint density at radius 2 is 1.88 bits per heavy atom. The fourth-order valence-electron chi connectivity index (χ4n) is 3.13. The number of aromatic nitrogens is 3. The van der Waals surface area contributed by atoms with Crippen LogP contribution in [0.15, 0.2) is 60.0 Å². The Hall–Kier alpha value is -3.52. The lowest BCUT2D eigenvalue weighted by Crippen LogP contribution is -2.21. The lowest BCUT2D eigenvalue weighted by atomic mass is 10.0. The highest BCUT2D eigenvalue weighted by molar-refractivity contribution is 7.12. The summed E-state index contributed by atoms with van der Waals surface area (Å²) in [6, 6.07) is 15.6. The molecule has 32 heavy (non-hydrogen) atoms. The van der Waals surface area contributed by atoms with E-state index in [0.717, 1.165) is 11.3 Å². The Bertz CT molecular complexity index is 1210. The molecule has 2 aromatic heterocycles. The van der Waals surface area contributed by atoms with Gasteiger partial charge in [-0.2, -0.15) is 9.78 Å². The molecule has 0 saturated carbocycles. The van der Waals surface area contributed by atoms with Crippen molar-refractivity contribution < 1.29 is 13.9 Å². The molecular weight excluding hydrogens is 427 g/mol. The molecule has 0 saturated heterocycles. The molecule has 4 rings (SSSR count). The number of carbonyl (C=O) groups excluding carboxylic acids is 1. The van der Waals surface area contributed by atoms with Crippen molar-refractivity contribution in [1.29, 1.82) is 0 Å². The molecule has 2 heterocycles. The molecule has 1 amide bonds. The van der Waals surface area contributed by atoms with E-state index in [1.807, 2.05) is 36.6 Å². The summed E-state index contributed by atoms with van der Waals surface area (Å²) < 4.78 is 20.4. The lowest BCUT2D eigenvalue weighted by molar-refractivity contribution is -0.118. The first-order valence-corrected chi connectivity index (χ1v) is 11.1. The Morgan fingerprint density at radius 1 is 1.16 bits per heavy atom. The van der Waals surface area contributed by atoms with E-state index in [2.05, 4.69) is 29.2 Å². The molecule has 0 radical (unpaired) electrons. The number of anilines is 1. The minimum absolute atomic E-state index is 0.121. The zero-order valence-electron chi connectivity index (χ0n) is 18.0. The molecule has 4 aromatic rings. The Balaban J connectivity index is 1.44. The summed E-state index contributed by atoms with van der Waals surface area (Å²) in [5.74, 6) is 0.985. The van der Waals surface area contributed by atoms with Crippen LogP contribution >= 0.6 is 11.3 Å². The molecule has 0 aliphatic carbocycles. The van der Waals surface area contributed by atoms with Gasteiger partial charge in [-0.25, -0.2) is 9.37 Å². The number of rotatable bonds is 7. The SMILES string of the molecule is Cc1cc(NC(=O)COc2ccc(C(C)C)cc2)n(-c2nc(-c3ccc(F)cc3)cs2)n1. The Kier molecular flexibility index (Phi) is 6.32. The summed E-state index contributed by atoms with van der Waals surface area (Å²) in [4.78, 5) is 17.1. The number of ether oxygens (including phenoxy) is 1. The zero-order valence-corrected chi connectivity index (χ0v) is 18.8. The van der Waals surface area contributed by atoms with Gasteiger partial charge in [-0.15, -0.1) is 11.3 Å². The summed E-state index contributed by atoms with van der Waals surface area (Å²) in [5.41, 5.74) is 3.47. The summed E-state index contributed by atoms with van der Waals surface area (Å²) in [6.45, 7) is 5.97. The number of hydrogen-bond donors (Lipinski definition) is 1. The van der Waals surface area contributed by atoms with Crippen molar-refractivity contribution in [3.05, 3.63) is 77.1 Å². The number of halogens is 1. The van der Waals surface area contributed by atoms with Crippen LogP contribution in [0.25, 0.3) is 16.4 Å². The van der Waals surface area contributed by atoms with Crippen LogP contribution in [0.5, 0.6) is 5.75 Å². The number of amides is 1. The molecule has 0 aliphatic heterocycles. The molecule has 0 fully saturated rings. The Labute approximate surface area is 189 Å². The van der Waals surface area contributed by atoms with E-state index in [1.54, 1.807) is 22.9 Å². The summed E-state index contributed by atoms with van der Waals surface area (Å²) in [7, 11) is 0. The van der Waals surface area contributed by atoms with E-state index < -0.39 is 0 Å². The third-order valence-electron chi connectivity index (χ3n) is 4.83. The zero-order chi connectivity index (χ0) is 22.7. The van der Waals surface area contributed by atoms with Crippen LogP contribution in [0.2, 0.25) is 0 Å². The maximum atomic E-state index is 13.2. The van der Waals surface area contributed by atoms with Gasteiger partial charge in [0.05, 0.1) is 11.4 Å². The molecule has 8 heteroatoms. The minimum Gasteiger partial charge on any atom is -0.484 e. The van der Waals surface area contributed by atoms with Gasteiger partial charge in [0, 0.05) is 17.0 Å². The average Bonchev–Trinajstić information content (AvgIpc) is 3.40. The average molecular weight is 451 g/mol. The first-order valence-electron chi connectivity index (χ1n) is 10.2. The van der Waals surface area contributed by atoms with Crippen LogP contribution in [0.4, 0.5) is 10.2 Å². The van der Waals surface area contributed by atoms with Gasteiger partial charge in [0.15, 0.2) is 6.61 Å². The number of carbonyl (C=O) groups is 1. The highest BCUT2D eigenvalue weighted by Gasteiger charge is 2.15. The highest BCUT2D eigenvalue weighted by atomic mass is 32.1. The number of benzene rings is 2. The Morgan fingerprint density at radius 3 is 2.56 bits per heavy atom. The van der Waals surface area contributed by atoms with Crippen LogP contribution in [0, 0.1) is 12.7 Å². The van der Waals surface area contributed by atoms with Crippen molar-refractivity contribution in [2.75, 3.05) is 11.9 Å². The van der Waals surface area contributed by atoms with E-state index in [0.29, 0.717) is 28.3 Å². The fourth-order valence-corrected chi connectivity index (χ4v) is 3.92. The molecule has 0 spiro atoms. The van der Waals surface area contributed by atoms with Gasteiger partial charge in [0.25, 0.3) is 5.91 Å². The number of aryl methyl sites for hydroxylation is 1. The van der Waals surface area contributed by atoms with E-state index in [-0.39, 0.29) is 18.3 Å². The van der Waals surface area contributed by atoms with Gasteiger partial charge in [-0.3, -0.25) is 4.79 Å². The van der Waals surface area contributed by atoms with Crippen LogP contribution in [-0.2, 0) is 4.79 Å². The standard InChI is InChI=1S/C24H23FN4O2S/c1-15(2)17-6-10-20(11-7-17)31-13-23(30)27-22-12-16(3)28-29(22)24-26-21(14-32-24)18-4-8-19(25)9-5-18/h4-12,14-15H,13H2,1-3H3,(H,27,30). The van der Waals surface area contributed by atoms with Crippen LogP contribution in [-0.4, -0.2) is 27.3 Å². The monoisotopic (exact) mass is 450 g/mol. The molecule has 1 N–H and O–H groups in total. The van der Waals surface area contributed by atoms with E-state index in [9.17, 15) is 9.18 Å². The topological polar surface area (TPSA) is 69.0 Å². The number of hydrogen-bond acceptors (Lipinski definition) is 5. The van der Waals surface area contributed by atoms with Crippen LogP contribution < -0.4 is 10.1 Å². The van der Waals surface area contributed by atoms with Gasteiger partial charge in [-0.1, -0.05) is 26.0 Å². The van der Waals surface area contributed by atoms with Crippen molar-refractivity contribution in [1.82, 2.24) is 14.8 Å². The third kappa shape index (κ3) is 5.03. The van der Waals surface area contributed by atoms with Crippen LogP contribution in [0.1, 0.15) is 31.0 Å². The molecule has 0 bridgehead atoms. The first-order chi connectivity index (χ1) is 15.4. The van der Waals surface area contributed by atoms with Crippen LogP contribution in [0.3, 0.4) is 0 Å². The number of thiazole rings is 1. The highest BCUT2D eigenvalue weighted by Crippen LogP contribution is 2.26. The van der Waals surface area contributed by atoms with Crippen molar-refractivity contribution in [2.24, 2.45) is 0 Å². The van der Waals surface area contributed by atoms with Crippen molar-refractivity contribution in [3.8, 4) is 22.1 Å². The van der Waals surface area contributed by atoms with E-state index in [4.69, 9.17) is 4.74 Å². The predicted molar refractivity (Wildman–Crippen MR) is 124 cm³/mol. The maximum Gasteiger partial charge on any atom is 0.263 e. The molecule has 0 aliphatic rings. The maximum absolute atomic E-state index is 13.2. The molecule has 6 nitrogen and oxygen atoms in total. The van der Waals surface area contributed by atoms with Crippen molar-refractivity contribution in [2.45, 2.75) is 26.7 Å². The van der Waals surface area contributed by atoms with Gasteiger partial charge in [0.1, 0.15) is 17.4 Å². The second-order valence-corrected chi connectivity index (χ2v) is 8.50. The summed E-state index contributed by atoms with van der Waals surface area (Å²) in [6.07, 6.45) is 0. The predicted octanol–water partition coefficient (Wildman–Crippen LogP) is 5.58. The normalized spacial score (nSPS) is 11.0.